The predicted octanol–water partition coefficient (Wildman–Crippen LogP) is 4.22. The SMILES string of the molecule is CCCCN1C(=O)CCc2cc(NS(=O)(=O)c3ccccc3Cl)ccc21. The van der Waals surface area contributed by atoms with Gasteiger partial charge in [-0.2, -0.15) is 0 Å². The summed E-state index contributed by atoms with van der Waals surface area (Å²) in [5.74, 6) is 0.121. The van der Waals surface area contributed by atoms with Crippen LogP contribution in [0.1, 0.15) is 31.7 Å². The molecule has 3 rings (SSSR count). The molecule has 0 radical (unpaired) electrons. The van der Waals surface area contributed by atoms with Crippen molar-refractivity contribution in [3.63, 3.8) is 0 Å². The molecule has 1 aliphatic heterocycles. The Bertz CT molecular complexity index is 928. The number of anilines is 2. The number of halogens is 1. The lowest BCUT2D eigenvalue weighted by molar-refractivity contribution is -0.118. The summed E-state index contributed by atoms with van der Waals surface area (Å²) in [6.45, 7) is 2.77. The molecule has 1 aliphatic rings. The third-order valence-electron chi connectivity index (χ3n) is 4.39. The molecule has 0 fully saturated rings. The van der Waals surface area contributed by atoms with Crippen LogP contribution in [0, 0.1) is 0 Å². The van der Waals surface area contributed by atoms with Gasteiger partial charge in [-0.05, 0) is 48.7 Å². The van der Waals surface area contributed by atoms with E-state index in [0.717, 1.165) is 24.1 Å². The van der Waals surface area contributed by atoms with E-state index in [0.29, 0.717) is 25.1 Å². The number of carbonyl (C=O) groups is 1. The summed E-state index contributed by atoms with van der Waals surface area (Å²) >= 11 is 6.01. The third kappa shape index (κ3) is 3.86. The molecular formula is C19H21ClN2O3S. The van der Waals surface area contributed by atoms with E-state index < -0.39 is 10.0 Å². The van der Waals surface area contributed by atoms with Gasteiger partial charge in [0, 0.05) is 24.3 Å². The van der Waals surface area contributed by atoms with Gasteiger partial charge in [0.05, 0.1) is 5.02 Å². The quantitative estimate of drug-likeness (QED) is 0.800. The minimum atomic E-state index is -3.77. The summed E-state index contributed by atoms with van der Waals surface area (Å²) in [5, 5.41) is 0.175. The summed E-state index contributed by atoms with van der Waals surface area (Å²) < 4.78 is 27.8. The number of hydrogen-bond donors (Lipinski definition) is 1. The van der Waals surface area contributed by atoms with Crippen LogP contribution in [0.5, 0.6) is 0 Å². The van der Waals surface area contributed by atoms with Crippen molar-refractivity contribution in [2.24, 2.45) is 0 Å². The third-order valence-corrected chi connectivity index (χ3v) is 6.27. The number of fused-ring (bicyclic) bond motifs is 1. The number of nitrogens with zero attached hydrogens (tertiary/aromatic N) is 1. The predicted molar refractivity (Wildman–Crippen MR) is 104 cm³/mol. The van der Waals surface area contributed by atoms with E-state index >= 15 is 0 Å². The molecule has 0 saturated heterocycles. The van der Waals surface area contributed by atoms with Crippen LogP contribution in [0.25, 0.3) is 0 Å². The highest BCUT2D eigenvalue weighted by atomic mass is 35.5. The van der Waals surface area contributed by atoms with Crippen molar-refractivity contribution >= 4 is 38.9 Å². The summed E-state index contributed by atoms with van der Waals surface area (Å²) in [6, 6.07) is 11.6. The van der Waals surface area contributed by atoms with Gasteiger partial charge in [0.15, 0.2) is 0 Å². The number of rotatable bonds is 6. The van der Waals surface area contributed by atoms with Gasteiger partial charge in [0.1, 0.15) is 4.90 Å². The molecule has 0 atom stereocenters. The van der Waals surface area contributed by atoms with E-state index in [1.54, 1.807) is 35.2 Å². The molecule has 2 aromatic rings. The smallest absolute Gasteiger partial charge is 0.263 e. The van der Waals surface area contributed by atoms with Crippen LogP contribution in [0.3, 0.4) is 0 Å². The van der Waals surface area contributed by atoms with Gasteiger partial charge < -0.3 is 4.90 Å². The van der Waals surface area contributed by atoms with Gasteiger partial charge in [-0.3, -0.25) is 9.52 Å². The number of hydrogen-bond acceptors (Lipinski definition) is 3. The van der Waals surface area contributed by atoms with Crippen molar-refractivity contribution in [2.45, 2.75) is 37.5 Å². The van der Waals surface area contributed by atoms with Crippen molar-refractivity contribution < 1.29 is 13.2 Å². The van der Waals surface area contributed by atoms with Gasteiger partial charge in [0.25, 0.3) is 10.0 Å². The Morgan fingerprint density at radius 3 is 2.65 bits per heavy atom. The average Bonchev–Trinajstić information content (AvgIpc) is 2.61. The Labute approximate surface area is 159 Å². The molecule has 1 heterocycles. The fourth-order valence-electron chi connectivity index (χ4n) is 3.06. The summed E-state index contributed by atoms with van der Waals surface area (Å²) in [4.78, 5) is 14.0. The van der Waals surface area contributed by atoms with Gasteiger partial charge in [0.2, 0.25) is 5.91 Å². The van der Waals surface area contributed by atoms with Gasteiger partial charge in [-0.25, -0.2) is 8.42 Å². The van der Waals surface area contributed by atoms with Gasteiger partial charge >= 0.3 is 0 Å². The Hall–Kier alpha value is -2.05. The van der Waals surface area contributed by atoms with Crippen LogP contribution in [0.2, 0.25) is 5.02 Å². The minimum absolute atomic E-state index is 0.0409. The Balaban J connectivity index is 1.88. The average molecular weight is 393 g/mol. The van der Waals surface area contributed by atoms with Crippen molar-refractivity contribution in [3.05, 3.63) is 53.1 Å². The number of sulfonamides is 1. The van der Waals surface area contributed by atoms with Crippen LogP contribution in [-0.4, -0.2) is 20.9 Å². The first-order chi connectivity index (χ1) is 12.4. The van der Waals surface area contributed by atoms with Gasteiger partial charge in [-0.1, -0.05) is 37.1 Å². The van der Waals surface area contributed by atoms with E-state index in [1.807, 2.05) is 6.07 Å². The highest BCUT2D eigenvalue weighted by molar-refractivity contribution is 7.92. The second kappa shape index (κ2) is 7.68. The number of carbonyl (C=O) groups excluding carboxylic acids is 1. The van der Waals surface area contributed by atoms with E-state index in [9.17, 15) is 13.2 Å². The van der Waals surface area contributed by atoms with Crippen molar-refractivity contribution in [3.8, 4) is 0 Å². The maximum atomic E-state index is 12.6. The first kappa shape index (κ1) is 18.7. The largest absolute Gasteiger partial charge is 0.312 e. The molecule has 1 amide bonds. The maximum absolute atomic E-state index is 12.6. The minimum Gasteiger partial charge on any atom is -0.312 e. The number of nitrogens with one attached hydrogen (secondary N) is 1. The fourth-order valence-corrected chi connectivity index (χ4v) is 4.63. The van der Waals surface area contributed by atoms with Crippen LogP contribution in [0.15, 0.2) is 47.4 Å². The van der Waals surface area contributed by atoms with Crippen LogP contribution in [0.4, 0.5) is 11.4 Å². The molecule has 0 bridgehead atoms. The Morgan fingerprint density at radius 2 is 1.92 bits per heavy atom. The lowest BCUT2D eigenvalue weighted by Gasteiger charge is -2.30. The monoisotopic (exact) mass is 392 g/mol. The number of aryl methyl sites for hydroxylation is 1. The second-order valence-corrected chi connectivity index (χ2v) is 8.34. The molecule has 0 aromatic heterocycles. The molecule has 1 N–H and O–H groups in total. The molecule has 0 saturated carbocycles. The zero-order chi connectivity index (χ0) is 18.7. The van der Waals surface area contributed by atoms with Gasteiger partial charge in [-0.15, -0.1) is 0 Å². The Morgan fingerprint density at radius 1 is 1.15 bits per heavy atom. The van der Waals surface area contributed by atoms with E-state index in [1.165, 1.54) is 6.07 Å². The van der Waals surface area contributed by atoms with Crippen LogP contribution < -0.4 is 9.62 Å². The lowest BCUT2D eigenvalue weighted by atomic mass is 10.00. The highest BCUT2D eigenvalue weighted by Gasteiger charge is 2.24. The first-order valence-electron chi connectivity index (χ1n) is 8.63. The fraction of sp³-hybridized carbons (Fsp3) is 0.316. The summed E-state index contributed by atoms with van der Waals surface area (Å²) in [5.41, 5.74) is 2.31. The van der Waals surface area contributed by atoms with Crippen molar-refractivity contribution in [1.29, 1.82) is 0 Å². The van der Waals surface area contributed by atoms with E-state index in [2.05, 4.69) is 11.6 Å². The topological polar surface area (TPSA) is 66.5 Å². The number of unbranched alkanes of at least 4 members (excludes halogenated alkanes) is 1. The molecule has 5 nitrogen and oxygen atoms in total. The molecule has 26 heavy (non-hydrogen) atoms. The van der Waals surface area contributed by atoms with Crippen LogP contribution in [-0.2, 0) is 21.2 Å². The molecule has 0 unspecified atom stereocenters. The first-order valence-corrected chi connectivity index (χ1v) is 10.5. The molecule has 0 aliphatic carbocycles. The molecular weight excluding hydrogens is 372 g/mol. The van der Waals surface area contributed by atoms with E-state index in [4.69, 9.17) is 11.6 Å². The standard InChI is InChI=1S/C19H21ClN2O3S/c1-2-3-12-22-17-10-9-15(13-14(17)8-11-19(22)23)21-26(24,25)18-7-5-4-6-16(18)20/h4-7,9-10,13,21H,2-3,8,11-12H2,1H3. The molecule has 0 spiro atoms. The zero-order valence-corrected chi connectivity index (χ0v) is 16.1. The molecule has 138 valence electrons. The number of benzene rings is 2. The molecule has 2 aromatic carbocycles. The van der Waals surface area contributed by atoms with Crippen molar-refractivity contribution in [1.82, 2.24) is 0 Å². The summed E-state index contributed by atoms with van der Waals surface area (Å²) in [6.07, 6.45) is 3.00. The van der Waals surface area contributed by atoms with Crippen LogP contribution >= 0.6 is 11.6 Å². The van der Waals surface area contributed by atoms with E-state index in [-0.39, 0.29) is 15.8 Å². The molecule has 7 heteroatoms. The Kier molecular flexibility index (Phi) is 5.53. The highest BCUT2D eigenvalue weighted by Crippen LogP contribution is 2.32. The van der Waals surface area contributed by atoms with Crippen molar-refractivity contribution in [2.75, 3.05) is 16.2 Å². The second-order valence-electron chi connectivity index (χ2n) is 6.28. The normalized spacial score (nSPS) is 14.2. The number of amides is 1. The maximum Gasteiger partial charge on any atom is 0.263 e. The summed E-state index contributed by atoms with van der Waals surface area (Å²) in [7, 11) is -3.77. The zero-order valence-electron chi connectivity index (χ0n) is 14.5. The lowest BCUT2D eigenvalue weighted by Crippen LogP contribution is -2.35.